The van der Waals surface area contributed by atoms with E-state index in [1.54, 1.807) is 6.20 Å². The zero-order valence-corrected chi connectivity index (χ0v) is 6.83. The van der Waals surface area contributed by atoms with Crippen LogP contribution in [0.4, 0.5) is 5.82 Å². The van der Waals surface area contributed by atoms with Crippen molar-refractivity contribution in [3.8, 4) is 0 Å². The van der Waals surface area contributed by atoms with Crippen LogP contribution in [0.5, 0.6) is 0 Å². The first kappa shape index (κ1) is 8.01. The maximum atomic E-state index is 4.08. The van der Waals surface area contributed by atoms with E-state index in [1.807, 2.05) is 18.2 Å². The zero-order chi connectivity index (χ0) is 8.10. The van der Waals surface area contributed by atoms with Crippen LogP contribution in [0.2, 0.25) is 0 Å². The lowest BCUT2D eigenvalue weighted by molar-refractivity contribution is 0.657. The summed E-state index contributed by atoms with van der Waals surface area (Å²) in [5, 5.41) is 0. The number of hydrazine groups is 1. The molecule has 0 radical (unpaired) electrons. The van der Waals surface area contributed by atoms with E-state index >= 15 is 0 Å². The fraction of sp³-hybridized carbons (Fsp3) is 0.375. The van der Waals surface area contributed by atoms with Crippen molar-refractivity contribution in [2.24, 2.45) is 0 Å². The molecule has 0 aliphatic rings. The summed E-state index contributed by atoms with van der Waals surface area (Å²) in [5.41, 5.74) is 6.03. The lowest BCUT2D eigenvalue weighted by Gasteiger charge is -2.09. The molecule has 0 unspecified atom stereocenters. The number of aromatic nitrogens is 1. The van der Waals surface area contributed by atoms with Crippen molar-refractivity contribution in [2.45, 2.75) is 19.9 Å². The van der Waals surface area contributed by atoms with E-state index in [-0.39, 0.29) is 0 Å². The minimum atomic E-state index is 0.414. The van der Waals surface area contributed by atoms with Crippen LogP contribution in [0.15, 0.2) is 24.4 Å². The Hall–Kier alpha value is -1.09. The molecule has 1 heterocycles. The minimum Gasteiger partial charge on any atom is -0.306 e. The van der Waals surface area contributed by atoms with E-state index in [1.165, 1.54) is 0 Å². The summed E-state index contributed by atoms with van der Waals surface area (Å²) in [6.45, 7) is 4.13. The third kappa shape index (κ3) is 3.00. The fourth-order valence-corrected chi connectivity index (χ4v) is 0.655. The first-order valence-corrected chi connectivity index (χ1v) is 3.71. The molecular formula is C8H13N3. The Morgan fingerprint density at radius 3 is 2.73 bits per heavy atom. The topological polar surface area (TPSA) is 37.0 Å². The van der Waals surface area contributed by atoms with Gasteiger partial charge in [-0.05, 0) is 26.0 Å². The number of nitrogens with one attached hydrogen (secondary N) is 2. The number of anilines is 1. The predicted molar refractivity (Wildman–Crippen MR) is 46.1 cm³/mol. The van der Waals surface area contributed by atoms with Crippen LogP contribution in [0.3, 0.4) is 0 Å². The molecule has 3 heteroatoms. The number of nitrogens with zero attached hydrogens (tertiary/aromatic N) is 1. The highest BCUT2D eigenvalue weighted by molar-refractivity contribution is 5.31. The molecule has 0 aliphatic heterocycles. The van der Waals surface area contributed by atoms with Gasteiger partial charge in [-0.3, -0.25) is 0 Å². The predicted octanol–water partition coefficient (Wildman–Crippen LogP) is 1.41. The molecule has 1 aromatic rings. The van der Waals surface area contributed by atoms with Gasteiger partial charge in [0.05, 0.1) is 0 Å². The molecule has 0 spiro atoms. The van der Waals surface area contributed by atoms with E-state index in [4.69, 9.17) is 0 Å². The monoisotopic (exact) mass is 151 g/mol. The highest BCUT2D eigenvalue weighted by atomic mass is 15.4. The maximum Gasteiger partial charge on any atom is 0.140 e. The number of hydrogen-bond donors (Lipinski definition) is 2. The molecule has 60 valence electrons. The van der Waals surface area contributed by atoms with Crippen LogP contribution in [-0.4, -0.2) is 11.0 Å². The van der Waals surface area contributed by atoms with Gasteiger partial charge in [0.1, 0.15) is 5.82 Å². The number of hydrogen-bond acceptors (Lipinski definition) is 3. The van der Waals surface area contributed by atoms with Crippen molar-refractivity contribution in [2.75, 3.05) is 5.43 Å². The molecule has 2 N–H and O–H groups in total. The van der Waals surface area contributed by atoms with Gasteiger partial charge in [-0.2, -0.15) is 0 Å². The largest absolute Gasteiger partial charge is 0.306 e. The van der Waals surface area contributed by atoms with Crippen molar-refractivity contribution in [3.05, 3.63) is 24.4 Å². The Kier molecular flexibility index (Phi) is 2.86. The fourth-order valence-electron chi connectivity index (χ4n) is 0.655. The third-order valence-electron chi connectivity index (χ3n) is 1.15. The van der Waals surface area contributed by atoms with Crippen LogP contribution in [0.1, 0.15) is 13.8 Å². The lowest BCUT2D eigenvalue weighted by Crippen LogP contribution is -2.29. The van der Waals surface area contributed by atoms with Gasteiger partial charge in [-0.25, -0.2) is 10.4 Å². The quantitative estimate of drug-likeness (QED) is 0.641. The molecule has 1 aromatic heterocycles. The van der Waals surface area contributed by atoms with Gasteiger partial charge < -0.3 is 5.43 Å². The van der Waals surface area contributed by atoms with Gasteiger partial charge in [-0.1, -0.05) is 6.07 Å². The molecule has 0 aromatic carbocycles. The Morgan fingerprint density at radius 2 is 2.18 bits per heavy atom. The lowest BCUT2D eigenvalue weighted by atomic mass is 10.4. The van der Waals surface area contributed by atoms with Crippen molar-refractivity contribution in [1.82, 2.24) is 10.4 Å². The Labute approximate surface area is 66.8 Å². The van der Waals surface area contributed by atoms with Gasteiger partial charge >= 0.3 is 0 Å². The third-order valence-corrected chi connectivity index (χ3v) is 1.15. The van der Waals surface area contributed by atoms with Crippen LogP contribution >= 0.6 is 0 Å². The molecule has 3 nitrogen and oxygen atoms in total. The second-order valence-electron chi connectivity index (χ2n) is 2.64. The first-order valence-electron chi connectivity index (χ1n) is 3.71. The first-order chi connectivity index (χ1) is 5.29. The van der Waals surface area contributed by atoms with Crippen molar-refractivity contribution in [1.29, 1.82) is 0 Å². The summed E-state index contributed by atoms with van der Waals surface area (Å²) < 4.78 is 0. The van der Waals surface area contributed by atoms with Crippen molar-refractivity contribution < 1.29 is 0 Å². The maximum absolute atomic E-state index is 4.08. The zero-order valence-electron chi connectivity index (χ0n) is 6.83. The molecule has 0 saturated heterocycles. The Bertz CT molecular complexity index is 196. The second-order valence-corrected chi connectivity index (χ2v) is 2.64. The highest BCUT2D eigenvalue weighted by Gasteiger charge is 1.91. The molecule has 0 fully saturated rings. The van der Waals surface area contributed by atoms with E-state index in [0.717, 1.165) is 5.82 Å². The number of pyridine rings is 1. The molecule has 0 amide bonds. The Morgan fingerprint density at radius 1 is 1.36 bits per heavy atom. The Balaban J connectivity index is 2.39. The molecule has 0 aliphatic carbocycles. The van der Waals surface area contributed by atoms with E-state index < -0.39 is 0 Å². The average molecular weight is 151 g/mol. The summed E-state index contributed by atoms with van der Waals surface area (Å²) in [6, 6.07) is 6.16. The molecule has 1 rings (SSSR count). The molecule has 0 atom stereocenters. The van der Waals surface area contributed by atoms with Gasteiger partial charge in [0.15, 0.2) is 0 Å². The molecule has 0 bridgehead atoms. The van der Waals surface area contributed by atoms with E-state index in [0.29, 0.717) is 6.04 Å². The minimum absolute atomic E-state index is 0.414. The van der Waals surface area contributed by atoms with E-state index in [2.05, 4.69) is 29.7 Å². The highest BCUT2D eigenvalue weighted by Crippen LogP contribution is 1.96. The summed E-state index contributed by atoms with van der Waals surface area (Å²) in [7, 11) is 0. The summed E-state index contributed by atoms with van der Waals surface area (Å²) in [4.78, 5) is 4.08. The second kappa shape index (κ2) is 3.93. The smallest absolute Gasteiger partial charge is 0.140 e. The van der Waals surface area contributed by atoms with Crippen LogP contribution in [-0.2, 0) is 0 Å². The SMILES string of the molecule is CC(C)NNc1ccccn1. The van der Waals surface area contributed by atoms with Gasteiger partial charge in [0, 0.05) is 12.2 Å². The number of rotatable bonds is 3. The van der Waals surface area contributed by atoms with Crippen LogP contribution in [0.25, 0.3) is 0 Å². The molecular weight excluding hydrogens is 138 g/mol. The standard InChI is InChI=1S/C8H13N3/c1-7(2)10-11-8-5-3-4-6-9-8/h3-7,10H,1-2H3,(H,9,11). The summed E-state index contributed by atoms with van der Waals surface area (Å²) in [6.07, 6.45) is 1.75. The molecule has 11 heavy (non-hydrogen) atoms. The summed E-state index contributed by atoms with van der Waals surface area (Å²) >= 11 is 0. The average Bonchev–Trinajstić information content (AvgIpc) is 2.03. The van der Waals surface area contributed by atoms with Gasteiger partial charge in [0.2, 0.25) is 0 Å². The van der Waals surface area contributed by atoms with Crippen molar-refractivity contribution >= 4 is 5.82 Å². The van der Waals surface area contributed by atoms with Crippen LogP contribution in [0, 0.1) is 0 Å². The van der Waals surface area contributed by atoms with Gasteiger partial charge in [0.25, 0.3) is 0 Å². The van der Waals surface area contributed by atoms with Crippen LogP contribution < -0.4 is 10.9 Å². The van der Waals surface area contributed by atoms with E-state index in [9.17, 15) is 0 Å². The van der Waals surface area contributed by atoms with Gasteiger partial charge in [-0.15, -0.1) is 0 Å². The van der Waals surface area contributed by atoms with Crippen molar-refractivity contribution in [3.63, 3.8) is 0 Å². The summed E-state index contributed by atoms with van der Waals surface area (Å²) in [5.74, 6) is 0.848. The normalized spacial score (nSPS) is 10.1. The molecule has 0 saturated carbocycles.